The zero-order valence-corrected chi connectivity index (χ0v) is 13.1. The van der Waals surface area contributed by atoms with E-state index in [-0.39, 0.29) is 0 Å². The molecule has 3 rings (SSSR count). The Kier molecular flexibility index (Phi) is 4.24. The van der Waals surface area contributed by atoms with Crippen molar-refractivity contribution in [1.82, 2.24) is 0 Å². The van der Waals surface area contributed by atoms with Gasteiger partial charge in [0.15, 0.2) is 5.70 Å². The van der Waals surface area contributed by atoms with Gasteiger partial charge in [-0.25, -0.2) is 9.79 Å². The first-order valence-electron chi connectivity index (χ1n) is 7.45. The second kappa shape index (κ2) is 6.48. The minimum atomic E-state index is -0.435. The molecule has 0 unspecified atom stereocenters. The number of aliphatic imine (C=N–C) groups is 1. The Labute approximate surface area is 135 Å². The van der Waals surface area contributed by atoms with Gasteiger partial charge < -0.3 is 9.47 Å². The van der Waals surface area contributed by atoms with E-state index in [9.17, 15) is 4.79 Å². The van der Waals surface area contributed by atoms with Gasteiger partial charge in [0.25, 0.3) is 0 Å². The molecule has 116 valence electrons. The molecule has 1 aliphatic heterocycles. The van der Waals surface area contributed by atoms with Crippen LogP contribution in [-0.2, 0) is 16.0 Å². The number of aryl methyl sites for hydroxylation is 1. The van der Waals surface area contributed by atoms with Crippen molar-refractivity contribution in [2.24, 2.45) is 4.99 Å². The van der Waals surface area contributed by atoms with Gasteiger partial charge in [-0.05, 0) is 47.9 Å². The predicted molar refractivity (Wildman–Crippen MR) is 89.4 cm³/mol. The number of cyclic esters (lactones) is 1. The lowest BCUT2D eigenvalue weighted by Gasteiger charge is -2.01. The Hall–Kier alpha value is -2.88. The molecule has 4 heteroatoms. The molecule has 0 spiro atoms. The molecule has 0 aliphatic carbocycles. The molecular formula is C19H17NO3. The van der Waals surface area contributed by atoms with E-state index in [0.717, 1.165) is 23.3 Å². The van der Waals surface area contributed by atoms with Crippen molar-refractivity contribution in [3.63, 3.8) is 0 Å². The van der Waals surface area contributed by atoms with Gasteiger partial charge in [0.05, 0.1) is 7.11 Å². The summed E-state index contributed by atoms with van der Waals surface area (Å²) in [4.78, 5) is 16.3. The summed E-state index contributed by atoms with van der Waals surface area (Å²) < 4.78 is 10.4. The highest BCUT2D eigenvalue weighted by Crippen LogP contribution is 2.21. The van der Waals surface area contributed by atoms with Gasteiger partial charge in [0, 0.05) is 5.56 Å². The average molecular weight is 307 g/mol. The maximum Gasteiger partial charge on any atom is 0.363 e. The standard InChI is InChI=1S/C19H17NO3/c1-3-13-4-6-14(7-5-13)12-17-19(21)23-18(20-17)15-8-10-16(22-2)11-9-15/h4-12H,3H2,1-2H3. The molecule has 0 saturated heterocycles. The summed E-state index contributed by atoms with van der Waals surface area (Å²) in [7, 11) is 1.60. The second-order valence-corrected chi connectivity index (χ2v) is 5.16. The van der Waals surface area contributed by atoms with Gasteiger partial charge in [-0.15, -0.1) is 0 Å². The summed E-state index contributed by atoms with van der Waals surface area (Å²) in [6.07, 6.45) is 2.72. The minimum Gasteiger partial charge on any atom is -0.497 e. The number of methoxy groups -OCH3 is 1. The summed E-state index contributed by atoms with van der Waals surface area (Å²) >= 11 is 0. The summed E-state index contributed by atoms with van der Waals surface area (Å²) in [5.41, 5.74) is 3.22. The van der Waals surface area contributed by atoms with Gasteiger partial charge in [0.2, 0.25) is 5.90 Å². The van der Waals surface area contributed by atoms with Crippen LogP contribution in [0, 0.1) is 0 Å². The molecule has 23 heavy (non-hydrogen) atoms. The van der Waals surface area contributed by atoms with Crippen molar-refractivity contribution in [3.8, 4) is 5.75 Å². The quantitative estimate of drug-likeness (QED) is 0.640. The van der Waals surface area contributed by atoms with Crippen molar-refractivity contribution >= 4 is 17.9 Å². The van der Waals surface area contributed by atoms with E-state index in [4.69, 9.17) is 9.47 Å². The second-order valence-electron chi connectivity index (χ2n) is 5.16. The number of carbonyl (C=O) groups excluding carboxylic acids is 1. The first-order valence-corrected chi connectivity index (χ1v) is 7.45. The van der Waals surface area contributed by atoms with E-state index >= 15 is 0 Å². The number of hydrogen-bond donors (Lipinski definition) is 0. The Balaban J connectivity index is 1.86. The van der Waals surface area contributed by atoms with Crippen molar-refractivity contribution in [2.75, 3.05) is 7.11 Å². The minimum absolute atomic E-state index is 0.306. The Bertz CT molecular complexity index is 771. The van der Waals surface area contributed by atoms with Crippen molar-refractivity contribution < 1.29 is 14.3 Å². The molecule has 0 atom stereocenters. The number of benzene rings is 2. The summed E-state index contributed by atoms with van der Waals surface area (Å²) in [6, 6.07) is 15.3. The summed E-state index contributed by atoms with van der Waals surface area (Å²) in [5.74, 6) is 0.620. The third-order valence-corrected chi connectivity index (χ3v) is 3.65. The lowest BCUT2D eigenvalue weighted by atomic mass is 10.1. The topological polar surface area (TPSA) is 47.9 Å². The van der Waals surface area contributed by atoms with Crippen LogP contribution in [-0.4, -0.2) is 19.0 Å². The van der Waals surface area contributed by atoms with Gasteiger partial charge in [-0.2, -0.15) is 0 Å². The van der Waals surface area contributed by atoms with E-state index in [1.165, 1.54) is 5.56 Å². The Morgan fingerprint density at radius 1 is 1.09 bits per heavy atom. The molecular weight excluding hydrogens is 290 g/mol. The smallest absolute Gasteiger partial charge is 0.363 e. The van der Waals surface area contributed by atoms with Crippen LogP contribution in [0.1, 0.15) is 23.6 Å². The molecule has 0 fully saturated rings. The number of ether oxygens (including phenoxy) is 2. The Morgan fingerprint density at radius 3 is 2.39 bits per heavy atom. The first-order chi connectivity index (χ1) is 11.2. The largest absolute Gasteiger partial charge is 0.497 e. The van der Waals surface area contributed by atoms with Crippen LogP contribution in [0.2, 0.25) is 0 Å². The fourth-order valence-corrected chi connectivity index (χ4v) is 2.27. The molecule has 0 N–H and O–H groups in total. The molecule has 0 amide bonds. The number of nitrogens with zero attached hydrogens (tertiary/aromatic N) is 1. The fourth-order valence-electron chi connectivity index (χ4n) is 2.27. The highest BCUT2D eigenvalue weighted by atomic mass is 16.6. The van der Waals surface area contributed by atoms with E-state index in [1.54, 1.807) is 25.3 Å². The lowest BCUT2D eigenvalue weighted by molar-refractivity contribution is -0.129. The zero-order valence-electron chi connectivity index (χ0n) is 13.1. The van der Waals surface area contributed by atoms with E-state index in [1.807, 2.05) is 36.4 Å². The van der Waals surface area contributed by atoms with Gasteiger partial charge in [-0.3, -0.25) is 0 Å². The molecule has 2 aromatic rings. The third-order valence-electron chi connectivity index (χ3n) is 3.65. The maximum absolute atomic E-state index is 12.0. The number of rotatable bonds is 4. The third kappa shape index (κ3) is 3.31. The molecule has 0 radical (unpaired) electrons. The van der Waals surface area contributed by atoms with Gasteiger partial charge in [-0.1, -0.05) is 31.2 Å². The highest BCUT2D eigenvalue weighted by Gasteiger charge is 2.24. The maximum atomic E-state index is 12.0. The predicted octanol–water partition coefficient (Wildman–Crippen LogP) is 3.60. The van der Waals surface area contributed by atoms with Crippen molar-refractivity contribution in [2.45, 2.75) is 13.3 Å². The molecule has 0 aromatic heterocycles. The molecule has 1 heterocycles. The van der Waals surface area contributed by atoms with Crippen molar-refractivity contribution in [3.05, 3.63) is 70.9 Å². The van der Waals surface area contributed by atoms with Crippen LogP contribution in [0.3, 0.4) is 0 Å². The average Bonchev–Trinajstić information content (AvgIpc) is 2.96. The van der Waals surface area contributed by atoms with Crippen LogP contribution in [0.5, 0.6) is 5.75 Å². The van der Waals surface area contributed by atoms with Crippen molar-refractivity contribution in [1.29, 1.82) is 0 Å². The monoisotopic (exact) mass is 307 g/mol. The highest BCUT2D eigenvalue weighted by molar-refractivity contribution is 6.12. The molecule has 1 aliphatic rings. The van der Waals surface area contributed by atoms with Crippen LogP contribution < -0.4 is 4.74 Å². The van der Waals surface area contributed by atoms with Gasteiger partial charge >= 0.3 is 5.97 Å². The van der Waals surface area contributed by atoms with Crippen LogP contribution >= 0.6 is 0 Å². The zero-order chi connectivity index (χ0) is 16.2. The van der Waals surface area contributed by atoms with Gasteiger partial charge in [0.1, 0.15) is 5.75 Å². The van der Waals surface area contributed by atoms with Crippen LogP contribution in [0.4, 0.5) is 0 Å². The molecule has 0 bridgehead atoms. The lowest BCUT2D eigenvalue weighted by Crippen LogP contribution is -2.05. The van der Waals surface area contributed by atoms with E-state index in [2.05, 4.69) is 11.9 Å². The number of esters is 1. The van der Waals surface area contributed by atoms with E-state index in [0.29, 0.717) is 11.6 Å². The number of hydrogen-bond acceptors (Lipinski definition) is 4. The summed E-state index contributed by atoms with van der Waals surface area (Å²) in [5, 5.41) is 0. The molecule has 4 nitrogen and oxygen atoms in total. The summed E-state index contributed by atoms with van der Waals surface area (Å²) in [6.45, 7) is 2.10. The molecule has 2 aromatic carbocycles. The Morgan fingerprint density at radius 2 is 1.78 bits per heavy atom. The van der Waals surface area contributed by atoms with E-state index < -0.39 is 5.97 Å². The van der Waals surface area contributed by atoms with Crippen LogP contribution in [0.25, 0.3) is 6.08 Å². The normalized spacial score (nSPS) is 15.5. The molecule has 0 saturated carbocycles. The fraction of sp³-hybridized carbons (Fsp3) is 0.158. The first kappa shape index (κ1) is 15.0. The number of carbonyl (C=O) groups is 1. The SMILES string of the molecule is CCc1ccc(C=C2N=C(c3ccc(OC)cc3)OC2=O)cc1. The van der Waals surface area contributed by atoms with Crippen LogP contribution in [0.15, 0.2) is 59.2 Å².